The quantitative estimate of drug-likeness (QED) is 0.464. The van der Waals surface area contributed by atoms with E-state index >= 15 is 0 Å². The van der Waals surface area contributed by atoms with Crippen LogP contribution >= 0.6 is 0 Å². The van der Waals surface area contributed by atoms with Gasteiger partial charge in [-0.05, 0) is 13.3 Å². The van der Waals surface area contributed by atoms with E-state index in [0.29, 0.717) is 6.54 Å². The second-order valence-electron chi connectivity index (χ2n) is 2.70. The van der Waals surface area contributed by atoms with Crippen LogP contribution in [0.3, 0.4) is 0 Å². The summed E-state index contributed by atoms with van der Waals surface area (Å²) in [4.78, 5) is 11.0. The van der Waals surface area contributed by atoms with E-state index in [0.717, 1.165) is 25.9 Å². The van der Waals surface area contributed by atoms with Gasteiger partial charge in [-0.3, -0.25) is 4.79 Å². The summed E-state index contributed by atoms with van der Waals surface area (Å²) in [6.45, 7) is 5.78. The monoisotopic (exact) mass is 182 g/mol. The van der Waals surface area contributed by atoms with Gasteiger partial charge in [0, 0.05) is 19.5 Å². The molecule has 0 heterocycles. The number of amides is 1. The van der Waals surface area contributed by atoms with Crippen molar-refractivity contribution in [2.24, 2.45) is 0 Å². The van der Waals surface area contributed by atoms with Gasteiger partial charge in [0.1, 0.15) is 0 Å². The summed E-state index contributed by atoms with van der Waals surface area (Å²) in [5.74, 6) is 5.78. The van der Waals surface area contributed by atoms with Gasteiger partial charge in [0.25, 0.3) is 0 Å². The van der Waals surface area contributed by atoms with Gasteiger partial charge in [0.05, 0.1) is 6.54 Å². The third kappa shape index (κ3) is 8.90. The molecule has 0 atom stereocenters. The highest BCUT2D eigenvalue weighted by molar-refractivity contribution is 5.77. The molecular weight excluding hydrogens is 164 g/mol. The zero-order chi connectivity index (χ0) is 9.94. The standard InChI is InChI=1S/C10H18N2O/c1-3-5-6-8-11-9-10(13)12-7-4-2/h11H,4,6-9H2,1-2H3,(H,12,13). The van der Waals surface area contributed by atoms with Crippen LogP contribution in [0.4, 0.5) is 0 Å². The Hall–Kier alpha value is -1.01. The van der Waals surface area contributed by atoms with E-state index in [1.807, 2.05) is 13.8 Å². The molecule has 0 aliphatic rings. The van der Waals surface area contributed by atoms with Gasteiger partial charge in [0.15, 0.2) is 0 Å². The average Bonchev–Trinajstić information content (AvgIpc) is 2.14. The van der Waals surface area contributed by atoms with Crippen molar-refractivity contribution in [3.05, 3.63) is 0 Å². The molecule has 0 bridgehead atoms. The molecule has 13 heavy (non-hydrogen) atoms. The van der Waals surface area contributed by atoms with Crippen molar-refractivity contribution in [2.45, 2.75) is 26.7 Å². The molecular formula is C10H18N2O. The van der Waals surface area contributed by atoms with E-state index in [1.165, 1.54) is 0 Å². The lowest BCUT2D eigenvalue weighted by atomic mass is 10.4. The Kier molecular flexibility index (Phi) is 8.38. The topological polar surface area (TPSA) is 41.1 Å². The molecule has 0 aromatic heterocycles. The zero-order valence-corrected chi connectivity index (χ0v) is 8.44. The highest BCUT2D eigenvalue weighted by atomic mass is 16.1. The van der Waals surface area contributed by atoms with Gasteiger partial charge >= 0.3 is 0 Å². The van der Waals surface area contributed by atoms with Gasteiger partial charge in [0.2, 0.25) is 5.91 Å². The van der Waals surface area contributed by atoms with E-state index in [2.05, 4.69) is 22.5 Å². The van der Waals surface area contributed by atoms with Crippen LogP contribution in [0.1, 0.15) is 26.7 Å². The fourth-order valence-electron chi connectivity index (χ4n) is 0.805. The van der Waals surface area contributed by atoms with E-state index in [4.69, 9.17) is 0 Å². The Balaban J connectivity index is 3.20. The van der Waals surface area contributed by atoms with Crippen molar-refractivity contribution in [1.82, 2.24) is 10.6 Å². The molecule has 0 rings (SSSR count). The number of hydrogen-bond donors (Lipinski definition) is 2. The van der Waals surface area contributed by atoms with Crippen molar-refractivity contribution < 1.29 is 4.79 Å². The smallest absolute Gasteiger partial charge is 0.233 e. The molecule has 74 valence electrons. The van der Waals surface area contributed by atoms with Crippen LogP contribution in [0.15, 0.2) is 0 Å². The van der Waals surface area contributed by atoms with Crippen LogP contribution in [0, 0.1) is 11.8 Å². The molecule has 0 unspecified atom stereocenters. The predicted molar refractivity (Wildman–Crippen MR) is 54.2 cm³/mol. The molecule has 3 nitrogen and oxygen atoms in total. The van der Waals surface area contributed by atoms with Crippen molar-refractivity contribution in [1.29, 1.82) is 0 Å². The van der Waals surface area contributed by atoms with Crippen LogP contribution in [0.25, 0.3) is 0 Å². The van der Waals surface area contributed by atoms with E-state index < -0.39 is 0 Å². The molecule has 0 fully saturated rings. The SMILES string of the molecule is CC#CCCNCC(=O)NCCC. The summed E-state index contributed by atoms with van der Waals surface area (Å²) in [6.07, 6.45) is 1.78. The highest BCUT2D eigenvalue weighted by Crippen LogP contribution is 1.73. The molecule has 0 radical (unpaired) electrons. The summed E-state index contributed by atoms with van der Waals surface area (Å²) < 4.78 is 0. The number of hydrogen-bond acceptors (Lipinski definition) is 2. The van der Waals surface area contributed by atoms with Gasteiger partial charge in [-0.15, -0.1) is 11.8 Å². The first kappa shape index (κ1) is 12.0. The first-order valence-corrected chi connectivity index (χ1v) is 4.68. The zero-order valence-electron chi connectivity index (χ0n) is 8.44. The lowest BCUT2D eigenvalue weighted by molar-refractivity contribution is -0.120. The molecule has 0 aromatic rings. The summed E-state index contributed by atoms with van der Waals surface area (Å²) in [5, 5.41) is 5.80. The van der Waals surface area contributed by atoms with Crippen LogP contribution < -0.4 is 10.6 Å². The molecule has 0 aliphatic carbocycles. The molecule has 0 saturated carbocycles. The lowest BCUT2D eigenvalue weighted by Crippen LogP contribution is -2.34. The largest absolute Gasteiger partial charge is 0.355 e. The molecule has 0 aliphatic heterocycles. The van der Waals surface area contributed by atoms with Crippen LogP contribution in [0.2, 0.25) is 0 Å². The Morgan fingerprint density at radius 2 is 2.15 bits per heavy atom. The fourth-order valence-corrected chi connectivity index (χ4v) is 0.805. The number of carbonyl (C=O) groups excluding carboxylic acids is 1. The maximum Gasteiger partial charge on any atom is 0.233 e. The van der Waals surface area contributed by atoms with Crippen LogP contribution in [-0.4, -0.2) is 25.5 Å². The van der Waals surface area contributed by atoms with Gasteiger partial charge in [-0.2, -0.15) is 0 Å². The first-order valence-electron chi connectivity index (χ1n) is 4.68. The molecule has 0 aromatic carbocycles. The van der Waals surface area contributed by atoms with E-state index in [-0.39, 0.29) is 5.91 Å². The van der Waals surface area contributed by atoms with Crippen LogP contribution in [-0.2, 0) is 4.79 Å². The number of carbonyl (C=O) groups is 1. The van der Waals surface area contributed by atoms with E-state index in [1.54, 1.807) is 0 Å². The van der Waals surface area contributed by atoms with E-state index in [9.17, 15) is 4.79 Å². The van der Waals surface area contributed by atoms with Crippen molar-refractivity contribution in [3.63, 3.8) is 0 Å². The highest BCUT2D eigenvalue weighted by Gasteiger charge is 1.96. The second kappa shape index (κ2) is 9.08. The van der Waals surface area contributed by atoms with Gasteiger partial charge in [-0.1, -0.05) is 6.92 Å². The maximum absolute atomic E-state index is 11.0. The lowest BCUT2D eigenvalue weighted by Gasteiger charge is -2.03. The van der Waals surface area contributed by atoms with Crippen molar-refractivity contribution in [2.75, 3.05) is 19.6 Å². The average molecular weight is 182 g/mol. The normalized spacial score (nSPS) is 8.77. The minimum atomic E-state index is 0.0614. The van der Waals surface area contributed by atoms with Crippen molar-refractivity contribution >= 4 is 5.91 Å². The minimum absolute atomic E-state index is 0.0614. The second-order valence-corrected chi connectivity index (χ2v) is 2.70. The molecule has 0 spiro atoms. The molecule has 1 amide bonds. The Morgan fingerprint density at radius 3 is 2.77 bits per heavy atom. The predicted octanol–water partition coefficient (Wildman–Crippen LogP) is 0.516. The summed E-state index contributed by atoms with van der Waals surface area (Å²) in [6, 6.07) is 0. The molecule has 2 N–H and O–H groups in total. The Morgan fingerprint density at radius 1 is 1.38 bits per heavy atom. The van der Waals surface area contributed by atoms with Gasteiger partial charge < -0.3 is 10.6 Å². The Bertz CT molecular complexity index is 191. The minimum Gasteiger partial charge on any atom is -0.355 e. The maximum atomic E-state index is 11.0. The van der Waals surface area contributed by atoms with Crippen molar-refractivity contribution in [3.8, 4) is 11.8 Å². The molecule has 3 heteroatoms. The third-order valence-corrected chi connectivity index (χ3v) is 1.46. The summed E-state index contributed by atoms with van der Waals surface area (Å²) >= 11 is 0. The van der Waals surface area contributed by atoms with Crippen LogP contribution in [0.5, 0.6) is 0 Å². The fraction of sp³-hybridized carbons (Fsp3) is 0.700. The summed E-state index contributed by atoms with van der Waals surface area (Å²) in [7, 11) is 0. The third-order valence-electron chi connectivity index (χ3n) is 1.46. The molecule has 0 saturated heterocycles. The number of rotatable bonds is 6. The summed E-state index contributed by atoms with van der Waals surface area (Å²) in [5.41, 5.74) is 0. The number of nitrogens with one attached hydrogen (secondary N) is 2. The first-order chi connectivity index (χ1) is 6.31. The van der Waals surface area contributed by atoms with Gasteiger partial charge in [-0.25, -0.2) is 0 Å². The Labute approximate surface area is 80.3 Å².